The summed E-state index contributed by atoms with van der Waals surface area (Å²) in [6, 6.07) is 0. The first-order chi connectivity index (χ1) is 13.8. The molecule has 1 saturated heterocycles. The Kier molecular flexibility index (Phi) is 13.6. The van der Waals surface area contributed by atoms with Crippen molar-refractivity contribution in [3.8, 4) is 0 Å². The summed E-state index contributed by atoms with van der Waals surface area (Å²) in [5.74, 6) is 0. The zero-order valence-electron chi connectivity index (χ0n) is 19.2. The first-order valence-electron chi connectivity index (χ1n) is 13.1. The molecule has 1 unspecified atom stereocenters. The van der Waals surface area contributed by atoms with E-state index in [1.54, 1.807) is 0 Å². The maximum absolute atomic E-state index is 6.31. The molecule has 0 amide bonds. The second-order valence-corrected chi connectivity index (χ2v) is 9.71. The van der Waals surface area contributed by atoms with Gasteiger partial charge in [-0.05, 0) is 19.3 Å². The maximum Gasteiger partial charge on any atom is 0.104 e. The number of hydrogen-bond acceptors (Lipinski definition) is 2. The van der Waals surface area contributed by atoms with Crippen LogP contribution in [0.3, 0.4) is 0 Å². The van der Waals surface area contributed by atoms with Crippen LogP contribution in [0.5, 0.6) is 0 Å². The van der Waals surface area contributed by atoms with Crippen LogP contribution in [-0.2, 0) is 9.47 Å². The number of epoxide rings is 1. The minimum Gasteiger partial charge on any atom is -0.372 e. The Morgan fingerprint density at radius 2 is 1.11 bits per heavy atom. The minimum atomic E-state index is 0.224. The highest BCUT2D eigenvalue weighted by Crippen LogP contribution is 2.38. The Hall–Kier alpha value is -0.0800. The smallest absolute Gasteiger partial charge is 0.104 e. The van der Waals surface area contributed by atoms with Crippen LogP contribution >= 0.6 is 0 Å². The molecule has 1 aliphatic carbocycles. The van der Waals surface area contributed by atoms with Gasteiger partial charge in [0, 0.05) is 0 Å². The van der Waals surface area contributed by atoms with Crippen LogP contribution in [-0.4, -0.2) is 24.9 Å². The van der Waals surface area contributed by atoms with E-state index in [-0.39, 0.29) is 5.60 Å². The molecule has 0 radical (unpaired) electrons. The molecule has 166 valence electrons. The minimum absolute atomic E-state index is 0.224. The molecule has 0 aromatic carbocycles. The molecule has 0 spiro atoms. The van der Waals surface area contributed by atoms with Gasteiger partial charge >= 0.3 is 0 Å². The Morgan fingerprint density at radius 1 is 0.679 bits per heavy atom. The third kappa shape index (κ3) is 11.8. The van der Waals surface area contributed by atoms with Crippen LogP contribution in [0.2, 0.25) is 0 Å². The van der Waals surface area contributed by atoms with Gasteiger partial charge in [0.05, 0.1) is 18.8 Å². The lowest BCUT2D eigenvalue weighted by molar-refractivity contribution is -0.0537. The molecule has 2 nitrogen and oxygen atoms in total. The molecule has 2 aliphatic rings. The molecule has 1 saturated carbocycles. The van der Waals surface area contributed by atoms with Gasteiger partial charge in [-0.25, -0.2) is 0 Å². The van der Waals surface area contributed by atoms with Crippen molar-refractivity contribution in [1.82, 2.24) is 0 Å². The highest BCUT2D eigenvalue weighted by atomic mass is 16.6. The molecule has 2 fully saturated rings. The fraction of sp³-hybridized carbons (Fsp3) is 1.00. The van der Waals surface area contributed by atoms with E-state index in [1.807, 2.05) is 0 Å². The van der Waals surface area contributed by atoms with Crippen molar-refractivity contribution in [3.63, 3.8) is 0 Å². The van der Waals surface area contributed by atoms with Gasteiger partial charge in [0.2, 0.25) is 0 Å². The number of unbranched alkanes of at least 4 members (excludes halogenated alkanes) is 15. The summed E-state index contributed by atoms with van der Waals surface area (Å²) in [5, 5.41) is 0. The molecule has 2 rings (SSSR count). The second kappa shape index (κ2) is 15.7. The van der Waals surface area contributed by atoms with Gasteiger partial charge in [0.25, 0.3) is 0 Å². The Labute approximate surface area is 176 Å². The van der Waals surface area contributed by atoms with Gasteiger partial charge in [-0.3, -0.25) is 0 Å². The highest BCUT2D eigenvalue weighted by molar-refractivity contribution is 4.87. The number of rotatable bonds is 20. The summed E-state index contributed by atoms with van der Waals surface area (Å²) in [7, 11) is 0. The Balaban J connectivity index is 1.30. The molecule has 0 aromatic rings. The standard InChI is InChI=1S/C26H50O2/c1-2-3-4-5-6-7-8-9-10-11-12-13-14-15-16-17-20-26(21-18-19-22-26)28-24-25-23-27-25/h25H,2-24H2,1H3. The van der Waals surface area contributed by atoms with Gasteiger partial charge in [-0.15, -0.1) is 0 Å². The topological polar surface area (TPSA) is 21.8 Å². The van der Waals surface area contributed by atoms with Crippen molar-refractivity contribution < 1.29 is 9.47 Å². The second-order valence-electron chi connectivity index (χ2n) is 9.71. The summed E-state index contributed by atoms with van der Waals surface area (Å²) in [6.45, 7) is 4.07. The molecular weight excluding hydrogens is 344 g/mol. The van der Waals surface area contributed by atoms with Crippen molar-refractivity contribution in [1.29, 1.82) is 0 Å². The molecule has 2 heteroatoms. The summed E-state index contributed by atoms with van der Waals surface area (Å²) in [4.78, 5) is 0. The number of ether oxygens (including phenoxy) is 2. The molecule has 0 aromatic heterocycles. The van der Waals surface area contributed by atoms with E-state index in [2.05, 4.69) is 6.92 Å². The van der Waals surface area contributed by atoms with Gasteiger partial charge in [0.15, 0.2) is 0 Å². The Bertz CT molecular complexity index is 344. The fourth-order valence-corrected chi connectivity index (χ4v) is 4.92. The molecule has 1 aliphatic heterocycles. The average Bonchev–Trinajstić information content (AvgIpc) is 3.43. The maximum atomic E-state index is 6.31. The lowest BCUT2D eigenvalue weighted by atomic mass is 9.93. The first kappa shape index (κ1) is 24.2. The largest absolute Gasteiger partial charge is 0.372 e. The monoisotopic (exact) mass is 394 g/mol. The average molecular weight is 395 g/mol. The van der Waals surface area contributed by atoms with Crippen LogP contribution in [0.15, 0.2) is 0 Å². The highest BCUT2D eigenvalue weighted by Gasteiger charge is 2.36. The molecule has 28 heavy (non-hydrogen) atoms. The summed E-state index contributed by atoms with van der Waals surface area (Å²) in [5.41, 5.74) is 0.224. The fourth-order valence-electron chi connectivity index (χ4n) is 4.92. The summed E-state index contributed by atoms with van der Waals surface area (Å²) >= 11 is 0. The van der Waals surface area contributed by atoms with E-state index in [9.17, 15) is 0 Å². The number of hydrogen-bond donors (Lipinski definition) is 0. The molecule has 0 bridgehead atoms. The zero-order valence-corrected chi connectivity index (χ0v) is 19.2. The predicted octanol–water partition coefficient (Wildman–Crippen LogP) is 8.37. The molecular formula is C26H50O2. The summed E-state index contributed by atoms with van der Waals surface area (Å²) in [6.07, 6.45) is 30.2. The first-order valence-corrected chi connectivity index (χ1v) is 13.1. The van der Waals surface area contributed by atoms with Gasteiger partial charge in [-0.1, -0.05) is 122 Å². The molecule has 1 atom stereocenters. The van der Waals surface area contributed by atoms with Crippen LogP contribution in [0.4, 0.5) is 0 Å². The van der Waals surface area contributed by atoms with E-state index in [4.69, 9.17) is 9.47 Å². The summed E-state index contributed by atoms with van der Waals surface area (Å²) < 4.78 is 11.6. The third-order valence-electron chi connectivity index (χ3n) is 6.98. The van der Waals surface area contributed by atoms with Crippen molar-refractivity contribution >= 4 is 0 Å². The normalized spacial score (nSPS) is 20.7. The van der Waals surface area contributed by atoms with Crippen LogP contribution in [0.1, 0.15) is 142 Å². The Morgan fingerprint density at radius 3 is 1.54 bits per heavy atom. The van der Waals surface area contributed by atoms with Crippen molar-refractivity contribution in [2.45, 2.75) is 153 Å². The van der Waals surface area contributed by atoms with E-state index >= 15 is 0 Å². The van der Waals surface area contributed by atoms with Gasteiger partial charge in [0.1, 0.15) is 6.10 Å². The molecule has 1 heterocycles. The molecule has 0 N–H and O–H groups in total. The van der Waals surface area contributed by atoms with Crippen LogP contribution in [0, 0.1) is 0 Å². The van der Waals surface area contributed by atoms with Crippen molar-refractivity contribution in [3.05, 3.63) is 0 Å². The van der Waals surface area contributed by atoms with E-state index in [0.29, 0.717) is 6.10 Å². The quantitative estimate of drug-likeness (QED) is 0.153. The predicted molar refractivity (Wildman–Crippen MR) is 121 cm³/mol. The van der Waals surface area contributed by atoms with Gasteiger partial charge in [-0.2, -0.15) is 0 Å². The van der Waals surface area contributed by atoms with Crippen molar-refractivity contribution in [2.75, 3.05) is 13.2 Å². The van der Waals surface area contributed by atoms with E-state index < -0.39 is 0 Å². The van der Waals surface area contributed by atoms with Crippen LogP contribution in [0.25, 0.3) is 0 Å². The van der Waals surface area contributed by atoms with E-state index in [1.165, 1.54) is 135 Å². The SMILES string of the molecule is CCCCCCCCCCCCCCCCCCC1(OCC2CO2)CCCC1. The van der Waals surface area contributed by atoms with Crippen molar-refractivity contribution in [2.24, 2.45) is 0 Å². The lowest BCUT2D eigenvalue weighted by Gasteiger charge is -2.29. The van der Waals surface area contributed by atoms with E-state index in [0.717, 1.165) is 13.2 Å². The van der Waals surface area contributed by atoms with Crippen LogP contribution < -0.4 is 0 Å². The van der Waals surface area contributed by atoms with Gasteiger partial charge < -0.3 is 9.47 Å². The lowest BCUT2D eigenvalue weighted by Crippen LogP contribution is -2.30. The zero-order chi connectivity index (χ0) is 19.8. The third-order valence-corrected chi connectivity index (χ3v) is 6.98.